The summed E-state index contributed by atoms with van der Waals surface area (Å²) >= 11 is 0. The molecule has 1 fully saturated rings. The molecule has 1 aromatic rings. The van der Waals surface area contributed by atoms with E-state index in [9.17, 15) is 0 Å². The molecule has 0 aliphatic heterocycles. The quantitative estimate of drug-likeness (QED) is 0.736. The van der Waals surface area contributed by atoms with E-state index in [1.165, 1.54) is 24.0 Å². The van der Waals surface area contributed by atoms with Crippen LogP contribution in [0.5, 0.6) is 5.75 Å². The molecule has 1 N–H and O–H groups in total. The molecule has 1 aliphatic rings. The molecule has 0 atom stereocenters. The molecule has 0 saturated heterocycles. The SMILES string of the molecule is COCCNCc1ccc(C2CC2)cc1OC. The van der Waals surface area contributed by atoms with Crippen molar-refractivity contribution in [2.45, 2.75) is 25.3 Å². The summed E-state index contributed by atoms with van der Waals surface area (Å²) in [5, 5.41) is 3.34. The molecule has 1 saturated carbocycles. The molecule has 1 aliphatic carbocycles. The highest BCUT2D eigenvalue weighted by molar-refractivity contribution is 5.40. The van der Waals surface area contributed by atoms with Gasteiger partial charge in [0.1, 0.15) is 5.75 Å². The van der Waals surface area contributed by atoms with Gasteiger partial charge in [-0.05, 0) is 30.4 Å². The largest absolute Gasteiger partial charge is 0.496 e. The number of hydrogen-bond acceptors (Lipinski definition) is 3. The molecule has 17 heavy (non-hydrogen) atoms. The fraction of sp³-hybridized carbons (Fsp3) is 0.571. The van der Waals surface area contributed by atoms with E-state index in [1.807, 2.05) is 0 Å². The van der Waals surface area contributed by atoms with Crippen molar-refractivity contribution in [1.29, 1.82) is 0 Å². The number of nitrogens with one attached hydrogen (secondary N) is 1. The van der Waals surface area contributed by atoms with Gasteiger partial charge in [0.25, 0.3) is 0 Å². The van der Waals surface area contributed by atoms with E-state index in [1.54, 1.807) is 14.2 Å². The number of ether oxygens (including phenoxy) is 2. The normalized spacial score (nSPS) is 14.9. The third-order valence-corrected chi connectivity index (χ3v) is 3.16. The van der Waals surface area contributed by atoms with E-state index in [2.05, 4.69) is 23.5 Å². The van der Waals surface area contributed by atoms with Crippen molar-refractivity contribution >= 4 is 0 Å². The van der Waals surface area contributed by atoms with Gasteiger partial charge in [-0.2, -0.15) is 0 Å². The van der Waals surface area contributed by atoms with Gasteiger partial charge >= 0.3 is 0 Å². The Morgan fingerprint density at radius 2 is 2.12 bits per heavy atom. The number of benzene rings is 1. The van der Waals surface area contributed by atoms with E-state index in [0.29, 0.717) is 0 Å². The van der Waals surface area contributed by atoms with Crippen LogP contribution in [0.2, 0.25) is 0 Å². The molecule has 1 aromatic carbocycles. The van der Waals surface area contributed by atoms with Crippen LogP contribution in [0, 0.1) is 0 Å². The van der Waals surface area contributed by atoms with Crippen LogP contribution in [0.1, 0.15) is 29.9 Å². The third kappa shape index (κ3) is 3.45. The second-order valence-electron chi connectivity index (χ2n) is 4.52. The molecule has 2 rings (SSSR count). The van der Waals surface area contributed by atoms with E-state index in [4.69, 9.17) is 9.47 Å². The smallest absolute Gasteiger partial charge is 0.123 e. The van der Waals surface area contributed by atoms with Gasteiger partial charge in [-0.15, -0.1) is 0 Å². The maximum Gasteiger partial charge on any atom is 0.123 e. The predicted octanol–water partition coefficient (Wildman–Crippen LogP) is 2.31. The van der Waals surface area contributed by atoms with Crippen molar-refractivity contribution in [2.24, 2.45) is 0 Å². The van der Waals surface area contributed by atoms with Crippen molar-refractivity contribution in [2.75, 3.05) is 27.4 Å². The third-order valence-electron chi connectivity index (χ3n) is 3.16. The Morgan fingerprint density at radius 1 is 1.29 bits per heavy atom. The average molecular weight is 235 g/mol. The number of rotatable bonds is 7. The summed E-state index contributed by atoms with van der Waals surface area (Å²) in [6.07, 6.45) is 2.66. The summed E-state index contributed by atoms with van der Waals surface area (Å²) in [7, 11) is 3.46. The van der Waals surface area contributed by atoms with E-state index < -0.39 is 0 Å². The molecular weight excluding hydrogens is 214 g/mol. The lowest BCUT2D eigenvalue weighted by Gasteiger charge is -2.11. The van der Waals surface area contributed by atoms with Crippen LogP contribution in [0.25, 0.3) is 0 Å². The van der Waals surface area contributed by atoms with Crippen LogP contribution in [-0.2, 0) is 11.3 Å². The molecule has 3 nitrogen and oxygen atoms in total. The molecule has 0 bridgehead atoms. The Kier molecular flexibility index (Phi) is 4.40. The van der Waals surface area contributed by atoms with Crippen LogP contribution >= 0.6 is 0 Å². The van der Waals surface area contributed by atoms with Crippen molar-refractivity contribution in [3.05, 3.63) is 29.3 Å². The highest BCUT2D eigenvalue weighted by atomic mass is 16.5. The molecule has 3 heteroatoms. The molecular formula is C14H21NO2. The van der Waals surface area contributed by atoms with Crippen LogP contribution in [0.15, 0.2) is 18.2 Å². The number of methoxy groups -OCH3 is 2. The van der Waals surface area contributed by atoms with Crippen LogP contribution < -0.4 is 10.1 Å². The molecule has 0 amide bonds. The predicted molar refractivity (Wildman–Crippen MR) is 68.6 cm³/mol. The first-order valence-electron chi connectivity index (χ1n) is 6.21. The van der Waals surface area contributed by atoms with Gasteiger partial charge in [-0.25, -0.2) is 0 Å². The lowest BCUT2D eigenvalue weighted by atomic mass is 10.1. The minimum atomic E-state index is 0.739. The second-order valence-corrected chi connectivity index (χ2v) is 4.52. The zero-order chi connectivity index (χ0) is 12.1. The van der Waals surface area contributed by atoms with Gasteiger partial charge in [0.15, 0.2) is 0 Å². The van der Waals surface area contributed by atoms with Crippen molar-refractivity contribution in [3.8, 4) is 5.75 Å². The first-order valence-corrected chi connectivity index (χ1v) is 6.21. The highest BCUT2D eigenvalue weighted by Crippen LogP contribution is 2.41. The van der Waals surface area contributed by atoms with E-state index in [-0.39, 0.29) is 0 Å². The van der Waals surface area contributed by atoms with Gasteiger partial charge in [0.05, 0.1) is 13.7 Å². The summed E-state index contributed by atoms with van der Waals surface area (Å²) in [5.74, 6) is 1.78. The zero-order valence-corrected chi connectivity index (χ0v) is 10.7. The Bertz CT molecular complexity index is 361. The maximum atomic E-state index is 5.45. The van der Waals surface area contributed by atoms with Crippen molar-refractivity contribution in [1.82, 2.24) is 5.32 Å². The van der Waals surface area contributed by atoms with Crippen LogP contribution in [0.4, 0.5) is 0 Å². The average Bonchev–Trinajstić information content (AvgIpc) is 3.19. The standard InChI is InChI=1S/C14H21NO2/c1-16-8-7-15-10-13-6-5-12(11-3-4-11)9-14(13)17-2/h5-6,9,11,15H,3-4,7-8,10H2,1-2H3. The van der Waals surface area contributed by atoms with Gasteiger partial charge in [-0.3, -0.25) is 0 Å². The first kappa shape index (κ1) is 12.4. The van der Waals surface area contributed by atoms with Crippen LogP contribution in [-0.4, -0.2) is 27.4 Å². The van der Waals surface area contributed by atoms with Gasteiger partial charge in [0, 0.05) is 25.8 Å². The summed E-state index contributed by atoms with van der Waals surface area (Å²) in [5.41, 5.74) is 2.63. The molecule has 94 valence electrons. The second kappa shape index (κ2) is 6.03. The summed E-state index contributed by atoms with van der Waals surface area (Å²) < 4.78 is 10.5. The molecule has 0 radical (unpaired) electrons. The fourth-order valence-electron chi connectivity index (χ4n) is 1.98. The van der Waals surface area contributed by atoms with Gasteiger partial charge in [-0.1, -0.05) is 12.1 Å². The molecule has 0 spiro atoms. The number of hydrogen-bond donors (Lipinski definition) is 1. The lowest BCUT2D eigenvalue weighted by molar-refractivity contribution is 0.199. The van der Waals surface area contributed by atoms with Crippen molar-refractivity contribution < 1.29 is 9.47 Å². The Morgan fingerprint density at radius 3 is 2.76 bits per heavy atom. The zero-order valence-electron chi connectivity index (χ0n) is 10.7. The Labute approximate surface area is 103 Å². The first-order chi connectivity index (χ1) is 8.35. The minimum Gasteiger partial charge on any atom is -0.496 e. The fourth-order valence-corrected chi connectivity index (χ4v) is 1.98. The van der Waals surface area contributed by atoms with Gasteiger partial charge in [0.2, 0.25) is 0 Å². The van der Waals surface area contributed by atoms with Crippen molar-refractivity contribution in [3.63, 3.8) is 0 Å². The molecule has 0 heterocycles. The Balaban J connectivity index is 1.95. The summed E-state index contributed by atoms with van der Waals surface area (Å²) in [6.45, 7) is 2.43. The van der Waals surface area contributed by atoms with E-state index >= 15 is 0 Å². The Hall–Kier alpha value is -1.06. The topological polar surface area (TPSA) is 30.5 Å². The summed E-state index contributed by atoms with van der Waals surface area (Å²) in [6, 6.07) is 6.59. The van der Waals surface area contributed by atoms with Crippen LogP contribution in [0.3, 0.4) is 0 Å². The molecule has 0 unspecified atom stereocenters. The maximum absolute atomic E-state index is 5.45. The minimum absolute atomic E-state index is 0.739. The monoisotopic (exact) mass is 235 g/mol. The summed E-state index contributed by atoms with van der Waals surface area (Å²) in [4.78, 5) is 0. The molecule has 0 aromatic heterocycles. The lowest BCUT2D eigenvalue weighted by Crippen LogP contribution is -2.18. The van der Waals surface area contributed by atoms with E-state index in [0.717, 1.165) is 31.4 Å². The van der Waals surface area contributed by atoms with Gasteiger partial charge < -0.3 is 14.8 Å². The highest BCUT2D eigenvalue weighted by Gasteiger charge is 2.24.